The molecule has 0 unspecified atom stereocenters. The van der Waals surface area contributed by atoms with Crippen LogP contribution in [0, 0.1) is 5.92 Å². The molecule has 1 saturated heterocycles. The highest BCUT2D eigenvalue weighted by atomic mass is 32.2. The number of hydrogen-bond acceptors (Lipinski definition) is 3. The molecule has 1 aliphatic heterocycles. The van der Waals surface area contributed by atoms with Crippen LogP contribution in [0.15, 0.2) is 29.2 Å². The van der Waals surface area contributed by atoms with Gasteiger partial charge in [0.1, 0.15) is 5.75 Å². The summed E-state index contributed by atoms with van der Waals surface area (Å²) in [5.74, 6) is 2.83. The van der Waals surface area contributed by atoms with Crippen molar-refractivity contribution in [2.45, 2.75) is 31.1 Å². The van der Waals surface area contributed by atoms with Crippen molar-refractivity contribution < 1.29 is 9.53 Å². The van der Waals surface area contributed by atoms with Gasteiger partial charge in [0.05, 0.1) is 7.11 Å². The maximum Gasteiger partial charge on any atom is 0.222 e. The number of thioether (sulfide) groups is 1. The lowest BCUT2D eigenvalue weighted by Gasteiger charge is -2.20. The zero-order chi connectivity index (χ0) is 14.4. The molecule has 110 valence electrons. The largest absolute Gasteiger partial charge is 0.497 e. The molecule has 20 heavy (non-hydrogen) atoms. The van der Waals surface area contributed by atoms with Crippen molar-refractivity contribution in [2.75, 3.05) is 26.0 Å². The standard InChI is InChI=1S/C16H23NO2S/c1-13-3-8-16(18)17(10-9-13)11-12-20-15-6-4-14(19-2)5-7-15/h4-7,13H,3,8-12H2,1-2H3/t13-/m0/s1. The van der Waals surface area contributed by atoms with Gasteiger partial charge in [0.25, 0.3) is 0 Å². The summed E-state index contributed by atoms with van der Waals surface area (Å²) in [6.45, 7) is 4.01. The Kier molecular flexibility index (Phi) is 5.77. The first kappa shape index (κ1) is 15.2. The molecule has 0 saturated carbocycles. The van der Waals surface area contributed by atoms with Crippen molar-refractivity contribution in [3.63, 3.8) is 0 Å². The number of likely N-dealkylation sites (tertiary alicyclic amines) is 1. The topological polar surface area (TPSA) is 29.5 Å². The zero-order valence-electron chi connectivity index (χ0n) is 12.3. The summed E-state index contributed by atoms with van der Waals surface area (Å²) in [5, 5.41) is 0. The van der Waals surface area contributed by atoms with Crippen molar-refractivity contribution >= 4 is 17.7 Å². The molecular weight excluding hydrogens is 270 g/mol. The van der Waals surface area contributed by atoms with Gasteiger partial charge >= 0.3 is 0 Å². The van der Waals surface area contributed by atoms with Crippen LogP contribution in [0.2, 0.25) is 0 Å². The lowest BCUT2D eigenvalue weighted by molar-refractivity contribution is -0.130. The Hall–Kier alpha value is -1.16. The van der Waals surface area contributed by atoms with Crippen LogP contribution in [0.3, 0.4) is 0 Å². The third-order valence-electron chi connectivity index (χ3n) is 3.78. The number of ether oxygens (including phenoxy) is 1. The van der Waals surface area contributed by atoms with Crippen molar-refractivity contribution in [3.05, 3.63) is 24.3 Å². The predicted octanol–water partition coefficient (Wildman–Crippen LogP) is 3.44. The molecule has 1 heterocycles. The molecule has 4 heteroatoms. The molecular formula is C16H23NO2S. The maximum atomic E-state index is 12.0. The Balaban J connectivity index is 1.78. The van der Waals surface area contributed by atoms with E-state index in [2.05, 4.69) is 19.1 Å². The van der Waals surface area contributed by atoms with Crippen molar-refractivity contribution in [1.82, 2.24) is 4.90 Å². The molecule has 1 amide bonds. The van der Waals surface area contributed by atoms with Gasteiger partial charge in [-0.2, -0.15) is 0 Å². The first-order valence-electron chi connectivity index (χ1n) is 7.23. The number of methoxy groups -OCH3 is 1. The minimum atomic E-state index is 0.324. The number of carbonyl (C=O) groups is 1. The Morgan fingerprint density at radius 2 is 2.05 bits per heavy atom. The van der Waals surface area contributed by atoms with E-state index in [1.807, 2.05) is 17.0 Å². The molecule has 0 bridgehead atoms. The third kappa shape index (κ3) is 4.44. The third-order valence-corrected chi connectivity index (χ3v) is 4.78. The van der Waals surface area contributed by atoms with Gasteiger partial charge in [-0.05, 0) is 43.0 Å². The lowest BCUT2D eigenvalue weighted by atomic mass is 10.0. The molecule has 1 aromatic rings. The van der Waals surface area contributed by atoms with E-state index in [0.717, 1.165) is 37.4 Å². The second kappa shape index (κ2) is 7.58. The summed E-state index contributed by atoms with van der Waals surface area (Å²) in [4.78, 5) is 15.2. The van der Waals surface area contributed by atoms with Crippen LogP contribution in [-0.4, -0.2) is 36.8 Å². The maximum absolute atomic E-state index is 12.0. The van der Waals surface area contributed by atoms with Crippen LogP contribution >= 0.6 is 11.8 Å². The molecule has 3 nitrogen and oxygen atoms in total. The molecule has 0 aliphatic carbocycles. The fourth-order valence-corrected chi connectivity index (χ4v) is 3.23. The van der Waals surface area contributed by atoms with Gasteiger partial charge in [-0.25, -0.2) is 0 Å². The summed E-state index contributed by atoms with van der Waals surface area (Å²) < 4.78 is 5.14. The molecule has 0 N–H and O–H groups in total. The average molecular weight is 293 g/mol. The van der Waals surface area contributed by atoms with Gasteiger partial charge < -0.3 is 9.64 Å². The second-order valence-electron chi connectivity index (χ2n) is 5.34. The quantitative estimate of drug-likeness (QED) is 0.779. The number of nitrogens with zero attached hydrogens (tertiary/aromatic N) is 1. The molecule has 1 atom stereocenters. The monoisotopic (exact) mass is 293 g/mol. The van der Waals surface area contributed by atoms with Gasteiger partial charge in [0.15, 0.2) is 0 Å². The van der Waals surface area contributed by atoms with E-state index in [0.29, 0.717) is 18.2 Å². The fourth-order valence-electron chi connectivity index (χ4n) is 2.36. The van der Waals surface area contributed by atoms with Crippen LogP contribution < -0.4 is 4.74 Å². The van der Waals surface area contributed by atoms with Crippen LogP contribution in [0.1, 0.15) is 26.2 Å². The summed E-state index contributed by atoms with van der Waals surface area (Å²) in [6, 6.07) is 8.08. The van der Waals surface area contributed by atoms with Crippen molar-refractivity contribution in [1.29, 1.82) is 0 Å². The summed E-state index contributed by atoms with van der Waals surface area (Å²) in [7, 11) is 1.67. The number of carbonyl (C=O) groups excluding carboxylic acids is 1. The van der Waals surface area contributed by atoms with E-state index in [1.54, 1.807) is 18.9 Å². The Bertz CT molecular complexity index is 433. The minimum absolute atomic E-state index is 0.324. The molecule has 0 aromatic heterocycles. The summed E-state index contributed by atoms with van der Waals surface area (Å²) >= 11 is 1.79. The number of amides is 1. The van der Waals surface area contributed by atoms with Crippen LogP contribution in [0.25, 0.3) is 0 Å². The highest BCUT2D eigenvalue weighted by Gasteiger charge is 2.19. The number of rotatable bonds is 5. The molecule has 2 rings (SSSR count). The SMILES string of the molecule is COc1ccc(SCCN2CC[C@@H](C)CCC2=O)cc1. The lowest BCUT2D eigenvalue weighted by Crippen LogP contribution is -2.32. The summed E-state index contributed by atoms with van der Waals surface area (Å²) in [5.41, 5.74) is 0. The van der Waals surface area contributed by atoms with E-state index >= 15 is 0 Å². The van der Waals surface area contributed by atoms with Gasteiger partial charge in [0, 0.05) is 30.2 Å². The van der Waals surface area contributed by atoms with E-state index in [1.165, 1.54) is 4.90 Å². The van der Waals surface area contributed by atoms with Crippen LogP contribution in [0.4, 0.5) is 0 Å². The summed E-state index contributed by atoms with van der Waals surface area (Å²) in [6.07, 6.45) is 2.90. The Morgan fingerprint density at radius 1 is 1.30 bits per heavy atom. The first-order valence-corrected chi connectivity index (χ1v) is 8.22. The van der Waals surface area contributed by atoms with Crippen LogP contribution in [0.5, 0.6) is 5.75 Å². The van der Waals surface area contributed by atoms with E-state index < -0.39 is 0 Å². The normalized spacial score (nSPS) is 19.8. The van der Waals surface area contributed by atoms with Crippen molar-refractivity contribution in [2.24, 2.45) is 5.92 Å². The van der Waals surface area contributed by atoms with Crippen molar-refractivity contribution in [3.8, 4) is 5.75 Å². The average Bonchev–Trinajstić information content (AvgIpc) is 2.63. The van der Waals surface area contributed by atoms with E-state index in [-0.39, 0.29) is 0 Å². The molecule has 0 radical (unpaired) electrons. The highest BCUT2D eigenvalue weighted by Crippen LogP contribution is 2.22. The molecule has 1 aliphatic rings. The first-order chi connectivity index (χ1) is 9.69. The van der Waals surface area contributed by atoms with E-state index in [4.69, 9.17) is 4.74 Å². The van der Waals surface area contributed by atoms with Crippen LogP contribution in [-0.2, 0) is 4.79 Å². The molecule has 1 fully saturated rings. The fraction of sp³-hybridized carbons (Fsp3) is 0.562. The van der Waals surface area contributed by atoms with Gasteiger partial charge in [0.2, 0.25) is 5.91 Å². The van der Waals surface area contributed by atoms with Gasteiger partial charge in [-0.1, -0.05) is 6.92 Å². The smallest absolute Gasteiger partial charge is 0.222 e. The highest BCUT2D eigenvalue weighted by molar-refractivity contribution is 7.99. The van der Waals surface area contributed by atoms with Gasteiger partial charge in [-0.15, -0.1) is 11.8 Å². The predicted molar refractivity (Wildman–Crippen MR) is 83.3 cm³/mol. The number of benzene rings is 1. The minimum Gasteiger partial charge on any atom is -0.497 e. The second-order valence-corrected chi connectivity index (χ2v) is 6.51. The molecule has 1 aromatic carbocycles. The Labute approximate surface area is 125 Å². The van der Waals surface area contributed by atoms with Gasteiger partial charge in [-0.3, -0.25) is 4.79 Å². The van der Waals surface area contributed by atoms with E-state index in [9.17, 15) is 4.79 Å². The zero-order valence-corrected chi connectivity index (χ0v) is 13.1. The number of hydrogen-bond donors (Lipinski definition) is 0. The Morgan fingerprint density at radius 3 is 2.75 bits per heavy atom. The molecule has 0 spiro atoms.